The van der Waals surface area contributed by atoms with Gasteiger partial charge in [0.15, 0.2) is 0 Å². The molecule has 0 aliphatic carbocycles. The largest absolute Gasteiger partial charge is 0.331 e. The molecule has 3 aromatic rings. The highest BCUT2D eigenvalue weighted by atomic mass is 32.1. The topological polar surface area (TPSA) is 97.6 Å². The Morgan fingerprint density at radius 1 is 1.29 bits per heavy atom. The van der Waals surface area contributed by atoms with Crippen molar-refractivity contribution in [3.8, 4) is 5.69 Å². The molecule has 0 spiro atoms. The Morgan fingerprint density at radius 2 is 2.08 bits per heavy atom. The molecule has 1 aromatic carbocycles. The normalized spacial score (nSPS) is 11.9. The Hall–Kier alpha value is -2.81. The summed E-state index contributed by atoms with van der Waals surface area (Å²) in [5, 5.41) is 22.6. The van der Waals surface area contributed by atoms with E-state index in [1.165, 1.54) is 11.3 Å². The predicted molar refractivity (Wildman–Crippen MR) is 91.2 cm³/mol. The molecule has 0 fully saturated rings. The molecule has 3 rings (SSSR count). The molecule has 0 saturated heterocycles. The highest BCUT2D eigenvalue weighted by molar-refractivity contribution is 7.15. The standard InChI is InChI=1S/C15H17N7OS/c1-3-13-19-20-15(24-13)18-14(23)17-10(2)11-4-6-12(7-5-11)22-9-8-16-21-22/h4-10H,3H2,1-2H3,(H2,17,18,20,23)/t10-/m1/s1. The smallest absolute Gasteiger partial charge is 0.321 e. The van der Waals surface area contributed by atoms with Gasteiger partial charge in [-0.2, -0.15) is 0 Å². The minimum atomic E-state index is -0.304. The maximum atomic E-state index is 12.0. The molecule has 0 aliphatic rings. The summed E-state index contributed by atoms with van der Waals surface area (Å²) in [6.07, 6.45) is 4.20. The SMILES string of the molecule is CCc1nnc(NC(=O)N[C@H](C)c2ccc(-n3ccnn3)cc2)s1. The van der Waals surface area contributed by atoms with Gasteiger partial charge in [-0.1, -0.05) is 35.6 Å². The fourth-order valence-corrected chi connectivity index (χ4v) is 2.80. The van der Waals surface area contributed by atoms with Crippen LogP contribution < -0.4 is 10.6 Å². The van der Waals surface area contributed by atoms with E-state index in [0.29, 0.717) is 5.13 Å². The first-order chi connectivity index (χ1) is 11.7. The number of nitrogens with zero attached hydrogens (tertiary/aromatic N) is 5. The van der Waals surface area contributed by atoms with Crippen LogP contribution in [0.2, 0.25) is 0 Å². The van der Waals surface area contributed by atoms with Crippen LogP contribution in [-0.2, 0) is 6.42 Å². The number of aromatic nitrogens is 5. The Morgan fingerprint density at radius 3 is 2.71 bits per heavy atom. The van der Waals surface area contributed by atoms with Gasteiger partial charge in [0.25, 0.3) is 0 Å². The van der Waals surface area contributed by atoms with Crippen LogP contribution in [0.25, 0.3) is 5.69 Å². The Labute approximate surface area is 142 Å². The highest BCUT2D eigenvalue weighted by Gasteiger charge is 2.12. The molecular formula is C15H17N7OS. The third-order valence-electron chi connectivity index (χ3n) is 3.42. The third kappa shape index (κ3) is 3.74. The molecule has 0 unspecified atom stereocenters. The van der Waals surface area contributed by atoms with Gasteiger partial charge in [-0.25, -0.2) is 9.48 Å². The van der Waals surface area contributed by atoms with Crippen molar-refractivity contribution in [3.63, 3.8) is 0 Å². The fraction of sp³-hybridized carbons (Fsp3) is 0.267. The second kappa shape index (κ2) is 7.18. The number of urea groups is 1. The fourth-order valence-electron chi connectivity index (χ4n) is 2.12. The van der Waals surface area contributed by atoms with E-state index in [0.717, 1.165) is 22.7 Å². The molecule has 1 atom stereocenters. The molecule has 124 valence electrons. The number of amides is 2. The molecule has 9 heteroatoms. The van der Waals surface area contributed by atoms with Gasteiger partial charge in [0.2, 0.25) is 5.13 Å². The van der Waals surface area contributed by atoms with Crippen LogP contribution in [0.15, 0.2) is 36.7 Å². The van der Waals surface area contributed by atoms with Crippen molar-refractivity contribution in [2.24, 2.45) is 0 Å². The Kier molecular flexibility index (Phi) is 4.80. The van der Waals surface area contributed by atoms with Crippen molar-refractivity contribution in [1.29, 1.82) is 0 Å². The highest BCUT2D eigenvalue weighted by Crippen LogP contribution is 2.17. The minimum absolute atomic E-state index is 0.145. The molecule has 2 amide bonds. The van der Waals surface area contributed by atoms with E-state index in [2.05, 4.69) is 31.1 Å². The molecule has 8 nitrogen and oxygen atoms in total. The minimum Gasteiger partial charge on any atom is -0.331 e. The lowest BCUT2D eigenvalue weighted by Gasteiger charge is -2.14. The number of rotatable bonds is 5. The van der Waals surface area contributed by atoms with Crippen LogP contribution in [0.1, 0.15) is 30.5 Å². The third-order valence-corrected chi connectivity index (χ3v) is 4.40. The van der Waals surface area contributed by atoms with Gasteiger partial charge in [0.05, 0.1) is 24.1 Å². The van der Waals surface area contributed by atoms with Crippen LogP contribution in [0, 0.1) is 0 Å². The van der Waals surface area contributed by atoms with Gasteiger partial charge in [-0.3, -0.25) is 5.32 Å². The number of aryl methyl sites for hydroxylation is 1. The summed E-state index contributed by atoms with van der Waals surface area (Å²) in [4.78, 5) is 12.0. The second-order valence-corrected chi connectivity index (χ2v) is 6.18. The monoisotopic (exact) mass is 343 g/mol. The van der Waals surface area contributed by atoms with E-state index >= 15 is 0 Å². The summed E-state index contributed by atoms with van der Waals surface area (Å²) in [5.74, 6) is 0. The number of carbonyl (C=O) groups is 1. The van der Waals surface area contributed by atoms with Gasteiger partial charge in [-0.15, -0.1) is 15.3 Å². The molecule has 2 N–H and O–H groups in total. The zero-order valence-electron chi connectivity index (χ0n) is 13.3. The lowest BCUT2D eigenvalue weighted by atomic mass is 10.1. The number of carbonyl (C=O) groups excluding carboxylic acids is 1. The van der Waals surface area contributed by atoms with Crippen LogP contribution in [0.4, 0.5) is 9.93 Å². The molecule has 2 aromatic heterocycles. The first-order valence-electron chi connectivity index (χ1n) is 7.52. The summed E-state index contributed by atoms with van der Waals surface area (Å²) >= 11 is 1.37. The molecule has 2 heterocycles. The van der Waals surface area contributed by atoms with E-state index in [1.807, 2.05) is 38.1 Å². The van der Waals surface area contributed by atoms with Crippen LogP contribution >= 0.6 is 11.3 Å². The van der Waals surface area contributed by atoms with Gasteiger partial charge >= 0.3 is 6.03 Å². The van der Waals surface area contributed by atoms with Gasteiger partial charge < -0.3 is 5.32 Å². The zero-order valence-corrected chi connectivity index (χ0v) is 14.1. The molecule has 0 aliphatic heterocycles. The number of benzene rings is 1. The zero-order chi connectivity index (χ0) is 16.9. The van der Waals surface area contributed by atoms with Gasteiger partial charge in [-0.05, 0) is 31.0 Å². The maximum absolute atomic E-state index is 12.0. The van der Waals surface area contributed by atoms with Crippen LogP contribution in [0.3, 0.4) is 0 Å². The van der Waals surface area contributed by atoms with Crippen LogP contribution in [-0.4, -0.2) is 31.2 Å². The van der Waals surface area contributed by atoms with E-state index in [1.54, 1.807) is 17.1 Å². The molecular weight excluding hydrogens is 326 g/mol. The first kappa shape index (κ1) is 16.1. The second-order valence-electron chi connectivity index (χ2n) is 5.11. The number of hydrogen-bond donors (Lipinski definition) is 2. The van der Waals surface area contributed by atoms with Crippen molar-refractivity contribution in [2.45, 2.75) is 26.3 Å². The molecule has 24 heavy (non-hydrogen) atoms. The lowest BCUT2D eigenvalue weighted by Crippen LogP contribution is -2.31. The number of hydrogen-bond acceptors (Lipinski definition) is 6. The van der Waals surface area contributed by atoms with Crippen molar-refractivity contribution in [2.75, 3.05) is 5.32 Å². The van der Waals surface area contributed by atoms with Crippen molar-refractivity contribution < 1.29 is 4.79 Å². The molecule has 0 bridgehead atoms. The van der Waals surface area contributed by atoms with Gasteiger partial charge in [0.1, 0.15) is 5.01 Å². The van der Waals surface area contributed by atoms with E-state index in [-0.39, 0.29) is 12.1 Å². The summed E-state index contributed by atoms with van der Waals surface area (Å²) in [5.41, 5.74) is 1.90. The first-order valence-corrected chi connectivity index (χ1v) is 8.34. The van der Waals surface area contributed by atoms with Crippen LogP contribution in [0.5, 0.6) is 0 Å². The lowest BCUT2D eigenvalue weighted by molar-refractivity contribution is 0.249. The van der Waals surface area contributed by atoms with Crippen molar-refractivity contribution in [3.05, 3.63) is 47.2 Å². The van der Waals surface area contributed by atoms with E-state index < -0.39 is 0 Å². The average Bonchev–Trinajstić information content (AvgIpc) is 3.26. The summed E-state index contributed by atoms with van der Waals surface area (Å²) in [6, 6.07) is 7.30. The van der Waals surface area contributed by atoms with Crippen molar-refractivity contribution >= 4 is 22.5 Å². The number of nitrogens with one attached hydrogen (secondary N) is 2. The summed E-state index contributed by atoms with van der Waals surface area (Å²) < 4.78 is 1.68. The molecule has 0 radical (unpaired) electrons. The van der Waals surface area contributed by atoms with E-state index in [4.69, 9.17) is 0 Å². The molecule has 0 saturated carbocycles. The van der Waals surface area contributed by atoms with E-state index in [9.17, 15) is 4.79 Å². The summed E-state index contributed by atoms with van der Waals surface area (Å²) in [7, 11) is 0. The summed E-state index contributed by atoms with van der Waals surface area (Å²) in [6.45, 7) is 3.91. The predicted octanol–water partition coefficient (Wildman–Crippen LogP) is 2.56. The Bertz CT molecular complexity index is 798. The van der Waals surface area contributed by atoms with Crippen molar-refractivity contribution in [1.82, 2.24) is 30.5 Å². The number of anilines is 1. The maximum Gasteiger partial charge on any atom is 0.321 e. The Balaban J connectivity index is 1.59. The quantitative estimate of drug-likeness (QED) is 0.742. The van der Waals surface area contributed by atoms with Gasteiger partial charge in [0, 0.05) is 0 Å². The average molecular weight is 343 g/mol.